The zero-order valence-electron chi connectivity index (χ0n) is 22.0. The van der Waals surface area contributed by atoms with E-state index in [2.05, 4.69) is 29.5 Å². The first kappa shape index (κ1) is 25.9. The molecule has 1 saturated heterocycles. The Balaban J connectivity index is 1.56. The van der Waals surface area contributed by atoms with Crippen LogP contribution in [0.3, 0.4) is 0 Å². The van der Waals surface area contributed by atoms with Crippen LogP contribution in [0.5, 0.6) is 0 Å². The third kappa shape index (κ3) is 4.77. The predicted octanol–water partition coefficient (Wildman–Crippen LogP) is 3.14. The third-order valence-corrected chi connectivity index (χ3v) is 8.02. The molecule has 8 heteroatoms. The largest absolute Gasteiger partial charge is 0.351 e. The number of para-hydroxylation sites is 1. The Bertz CT molecular complexity index is 1130. The predicted molar refractivity (Wildman–Crippen MR) is 138 cm³/mol. The average molecular weight is 495 g/mol. The van der Waals surface area contributed by atoms with Crippen LogP contribution >= 0.6 is 0 Å². The van der Waals surface area contributed by atoms with E-state index < -0.39 is 18.1 Å². The molecule has 1 unspecified atom stereocenters. The Morgan fingerprint density at radius 1 is 1.14 bits per heavy atom. The molecular weight excluding hydrogens is 456 g/mol. The van der Waals surface area contributed by atoms with Crippen molar-refractivity contribution >= 4 is 34.9 Å². The molecule has 0 radical (unpaired) electrons. The lowest BCUT2D eigenvalue weighted by Gasteiger charge is -2.34. The fourth-order valence-electron chi connectivity index (χ4n) is 5.75. The molecule has 1 saturated carbocycles. The highest BCUT2D eigenvalue weighted by atomic mass is 16.2. The summed E-state index contributed by atoms with van der Waals surface area (Å²) in [5.41, 5.74) is 1.19. The van der Waals surface area contributed by atoms with Crippen molar-refractivity contribution in [3.05, 3.63) is 36.0 Å². The summed E-state index contributed by atoms with van der Waals surface area (Å²) in [4.78, 5) is 56.7. The van der Waals surface area contributed by atoms with Crippen molar-refractivity contribution in [3.63, 3.8) is 0 Å². The average Bonchev–Trinajstić information content (AvgIpc) is 3.21. The Morgan fingerprint density at radius 2 is 1.83 bits per heavy atom. The number of likely N-dealkylation sites (tertiary alicyclic amines) is 1. The molecule has 1 aromatic carbocycles. The Labute approximate surface area is 212 Å². The summed E-state index contributed by atoms with van der Waals surface area (Å²) in [6.07, 6.45) is 1.21. The van der Waals surface area contributed by atoms with Crippen molar-refractivity contribution in [2.45, 2.75) is 66.1 Å². The molecule has 0 spiro atoms. The van der Waals surface area contributed by atoms with Gasteiger partial charge in [-0.15, -0.1) is 0 Å². The molecule has 4 rings (SSSR count). The number of fused-ring (bicyclic) bond motifs is 2. The molecule has 2 fully saturated rings. The maximum Gasteiger partial charge on any atom is 0.268 e. The number of aromatic nitrogens is 1. The standard InChI is InChI=1S/C28H38N4O4/c1-15(2)11-21(30-25(34)20-12-17-9-7-8-10-19(17)29-20)27(36)32-13-18-23(28(18,5)6)24(32)26(35)31-22(14-33)16(3)4/h7-10,12,14-16,18,21-24,29H,11,13H2,1-6H3,(H,30,34)(H,31,35)/t18-,21-,22+,23-,24?/m0/s1. The number of aldehydes is 1. The monoisotopic (exact) mass is 494 g/mol. The molecule has 0 bridgehead atoms. The highest BCUT2D eigenvalue weighted by Crippen LogP contribution is 2.64. The van der Waals surface area contributed by atoms with E-state index in [1.165, 1.54) is 0 Å². The number of nitrogens with one attached hydrogen (secondary N) is 3. The third-order valence-electron chi connectivity index (χ3n) is 8.02. The van der Waals surface area contributed by atoms with E-state index in [1.807, 2.05) is 52.0 Å². The molecule has 1 aromatic heterocycles. The number of benzene rings is 1. The van der Waals surface area contributed by atoms with E-state index in [0.717, 1.165) is 17.2 Å². The molecule has 36 heavy (non-hydrogen) atoms. The van der Waals surface area contributed by atoms with Gasteiger partial charge in [-0.2, -0.15) is 0 Å². The van der Waals surface area contributed by atoms with Crippen molar-refractivity contribution in [1.29, 1.82) is 0 Å². The number of hydrogen-bond acceptors (Lipinski definition) is 4. The number of aromatic amines is 1. The molecule has 3 N–H and O–H groups in total. The van der Waals surface area contributed by atoms with Gasteiger partial charge in [0.1, 0.15) is 24.1 Å². The van der Waals surface area contributed by atoms with Crippen LogP contribution in [0, 0.1) is 29.1 Å². The molecule has 3 amide bonds. The number of rotatable bonds is 9. The summed E-state index contributed by atoms with van der Waals surface area (Å²) >= 11 is 0. The Morgan fingerprint density at radius 3 is 2.44 bits per heavy atom. The van der Waals surface area contributed by atoms with Crippen molar-refractivity contribution in [1.82, 2.24) is 20.5 Å². The molecular formula is C28H38N4O4. The number of amides is 3. The summed E-state index contributed by atoms with van der Waals surface area (Å²) in [7, 11) is 0. The lowest BCUT2D eigenvalue weighted by Crippen LogP contribution is -2.57. The minimum atomic E-state index is -0.758. The first-order valence-corrected chi connectivity index (χ1v) is 12.9. The van der Waals surface area contributed by atoms with Crippen LogP contribution in [-0.2, 0) is 14.4 Å². The van der Waals surface area contributed by atoms with Crippen molar-refractivity contribution in [2.24, 2.45) is 29.1 Å². The zero-order valence-corrected chi connectivity index (χ0v) is 22.0. The Kier molecular flexibility index (Phi) is 6.99. The molecule has 2 aromatic rings. The normalized spacial score (nSPS) is 23.9. The Hall–Kier alpha value is -3.16. The van der Waals surface area contributed by atoms with E-state index in [0.29, 0.717) is 18.7 Å². The molecule has 2 heterocycles. The molecule has 1 aliphatic carbocycles. The topological polar surface area (TPSA) is 111 Å². The van der Waals surface area contributed by atoms with Crippen LogP contribution in [-0.4, -0.2) is 58.6 Å². The highest BCUT2D eigenvalue weighted by Gasteiger charge is 2.69. The quantitative estimate of drug-likeness (QED) is 0.465. The van der Waals surface area contributed by atoms with Gasteiger partial charge in [-0.1, -0.05) is 59.7 Å². The number of nitrogens with zero attached hydrogens (tertiary/aromatic N) is 1. The fraction of sp³-hybridized carbons (Fsp3) is 0.571. The van der Waals surface area contributed by atoms with Gasteiger partial charge >= 0.3 is 0 Å². The van der Waals surface area contributed by atoms with Gasteiger partial charge in [0.05, 0.1) is 6.04 Å². The van der Waals surface area contributed by atoms with Gasteiger partial charge in [-0.3, -0.25) is 14.4 Å². The van der Waals surface area contributed by atoms with E-state index in [4.69, 9.17) is 0 Å². The maximum absolute atomic E-state index is 13.9. The van der Waals surface area contributed by atoms with Crippen LogP contribution in [0.2, 0.25) is 0 Å². The van der Waals surface area contributed by atoms with Gasteiger partial charge in [0, 0.05) is 17.4 Å². The van der Waals surface area contributed by atoms with Gasteiger partial charge in [0.2, 0.25) is 11.8 Å². The van der Waals surface area contributed by atoms with Crippen LogP contribution in [0.25, 0.3) is 10.9 Å². The van der Waals surface area contributed by atoms with E-state index in [9.17, 15) is 19.2 Å². The summed E-state index contributed by atoms with van der Waals surface area (Å²) in [6, 6.07) is 7.37. The molecule has 1 aliphatic heterocycles. The zero-order chi connectivity index (χ0) is 26.4. The van der Waals surface area contributed by atoms with Crippen molar-refractivity contribution in [2.75, 3.05) is 6.54 Å². The van der Waals surface area contributed by atoms with E-state index in [-0.39, 0.29) is 46.8 Å². The second-order valence-corrected chi connectivity index (χ2v) is 11.7. The molecule has 2 aliphatic rings. The lowest BCUT2D eigenvalue weighted by atomic mass is 9.97. The summed E-state index contributed by atoms with van der Waals surface area (Å²) in [5, 5.41) is 6.71. The second-order valence-electron chi connectivity index (χ2n) is 11.7. The van der Waals surface area contributed by atoms with Crippen molar-refractivity contribution < 1.29 is 19.2 Å². The number of H-pyrrole nitrogens is 1. The number of hydrogen-bond donors (Lipinski definition) is 3. The van der Waals surface area contributed by atoms with E-state index in [1.54, 1.807) is 11.0 Å². The van der Waals surface area contributed by atoms with Gasteiger partial charge in [-0.05, 0) is 47.6 Å². The smallest absolute Gasteiger partial charge is 0.268 e. The number of piperidine rings is 1. The van der Waals surface area contributed by atoms with Crippen LogP contribution < -0.4 is 10.6 Å². The first-order chi connectivity index (χ1) is 16.9. The van der Waals surface area contributed by atoms with Crippen LogP contribution in [0.1, 0.15) is 58.5 Å². The van der Waals surface area contributed by atoms with Crippen LogP contribution in [0.15, 0.2) is 30.3 Å². The molecule has 194 valence electrons. The fourth-order valence-corrected chi connectivity index (χ4v) is 5.75. The first-order valence-electron chi connectivity index (χ1n) is 12.9. The SMILES string of the molecule is CC(C)C[C@H](NC(=O)c1cc2ccccc2[nH]1)C(=O)N1C[C@H]2[C@@H](C1C(=O)N[C@H](C=O)C(C)C)C2(C)C. The van der Waals surface area contributed by atoms with Crippen LogP contribution in [0.4, 0.5) is 0 Å². The van der Waals surface area contributed by atoms with Gasteiger partial charge in [0.25, 0.3) is 5.91 Å². The molecule has 5 atom stereocenters. The lowest BCUT2D eigenvalue weighted by molar-refractivity contribution is -0.142. The summed E-state index contributed by atoms with van der Waals surface area (Å²) < 4.78 is 0. The van der Waals surface area contributed by atoms with Gasteiger partial charge in [0.15, 0.2) is 0 Å². The molecule has 8 nitrogen and oxygen atoms in total. The maximum atomic E-state index is 13.9. The minimum Gasteiger partial charge on any atom is -0.351 e. The van der Waals surface area contributed by atoms with Gasteiger partial charge in [-0.25, -0.2) is 0 Å². The van der Waals surface area contributed by atoms with Gasteiger partial charge < -0.3 is 25.3 Å². The van der Waals surface area contributed by atoms with Crippen molar-refractivity contribution in [3.8, 4) is 0 Å². The number of carbonyl (C=O) groups is 4. The summed E-state index contributed by atoms with van der Waals surface area (Å²) in [5.74, 6) is -0.537. The minimum absolute atomic E-state index is 0.0324. The second kappa shape index (κ2) is 9.71. The number of carbonyl (C=O) groups excluding carboxylic acids is 4. The van der Waals surface area contributed by atoms with E-state index >= 15 is 0 Å². The summed E-state index contributed by atoms with van der Waals surface area (Å²) in [6.45, 7) is 12.5. The highest BCUT2D eigenvalue weighted by molar-refractivity contribution is 6.01.